The summed E-state index contributed by atoms with van der Waals surface area (Å²) in [6.07, 6.45) is 5.06. The largest absolute Gasteiger partial charge is 0.378 e. The Bertz CT molecular complexity index is 460. The molecule has 0 saturated carbocycles. The van der Waals surface area contributed by atoms with Crippen LogP contribution in [0.3, 0.4) is 0 Å². The lowest BCUT2D eigenvalue weighted by Gasteiger charge is -2.25. The Morgan fingerprint density at radius 2 is 2.00 bits per heavy atom. The molecule has 21 heavy (non-hydrogen) atoms. The molecule has 2 N–H and O–H groups in total. The number of ether oxygens (including phenoxy) is 1. The molecule has 0 radical (unpaired) electrons. The highest BCUT2D eigenvalue weighted by Gasteiger charge is 2.27. The first-order valence-corrected chi connectivity index (χ1v) is 8.21. The Morgan fingerprint density at radius 3 is 2.67 bits per heavy atom. The standard InChI is InChI=1S/C13H22N4O3S/c14-6-4-2-1-3-5-11-15-12(13(21-11)17(18)19)16-7-9-20-10-8-16/h1-10,14H2. The number of hydrogen-bond acceptors (Lipinski definition) is 7. The van der Waals surface area contributed by atoms with Crippen LogP contribution in [0.4, 0.5) is 10.8 Å². The van der Waals surface area contributed by atoms with Crippen LogP contribution >= 0.6 is 11.3 Å². The Kier molecular flexibility index (Phi) is 6.34. The van der Waals surface area contributed by atoms with Crippen molar-refractivity contribution in [3.63, 3.8) is 0 Å². The summed E-state index contributed by atoms with van der Waals surface area (Å²) in [5.74, 6) is 0.519. The van der Waals surface area contributed by atoms with Gasteiger partial charge in [-0.1, -0.05) is 12.8 Å². The highest BCUT2D eigenvalue weighted by molar-refractivity contribution is 7.15. The van der Waals surface area contributed by atoms with Gasteiger partial charge in [0.25, 0.3) is 0 Å². The second kappa shape index (κ2) is 8.26. The zero-order valence-corrected chi connectivity index (χ0v) is 12.9. The summed E-state index contributed by atoms with van der Waals surface area (Å²) in [5, 5.41) is 12.2. The Labute approximate surface area is 128 Å². The molecular weight excluding hydrogens is 292 g/mol. The van der Waals surface area contributed by atoms with Gasteiger partial charge >= 0.3 is 5.00 Å². The summed E-state index contributed by atoms with van der Waals surface area (Å²) in [5.41, 5.74) is 5.46. The van der Waals surface area contributed by atoms with Crippen molar-refractivity contribution in [1.29, 1.82) is 0 Å². The van der Waals surface area contributed by atoms with E-state index in [1.54, 1.807) is 0 Å². The third-order valence-corrected chi connectivity index (χ3v) is 4.51. The number of nitrogens with two attached hydrogens (primary N) is 1. The zero-order valence-electron chi connectivity index (χ0n) is 12.1. The quantitative estimate of drug-likeness (QED) is 0.448. The van der Waals surface area contributed by atoms with Gasteiger partial charge in [0.15, 0.2) is 0 Å². The van der Waals surface area contributed by atoms with Crippen LogP contribution in [-0.4, -0.2) is 42.8 Å². The maximum absolute atomic E-state index is 11.2. The van der Waals surface area contributed by atoms with Crippen LogP contribution in [-0.2, 0) is 11.2 Å². The summed E-state index contributed by atoms with van der Waals surface area (Å²) in [7, 11) is 0. The molecule has 118 valence electrons. The third kappa shape index (κ3) is 4.62. The van der Waals surface area contributed by atoms with Gasteiger partial charge in [0.1, 0.15) is 5.01 Å². The number of hydrogen-bond donors (Lipinski definition) is 1. The predicted octanol–water partition coefficient (Wildman–Crippen LogP) is 1.95. The van der Waals surface area contributed by atoms with Gasteiger partial charge in [-0.3, -0.25) is 10.1 Å². The highest BCUT2D eigenvalue weighted by Crippen LogP contribution is 2.35. The van der Waals surface area contributed by atoms with Crippen LogP contribution < -0.4 is 10.6 Å². The van der Waals surface area contributed by atoms with Crippen molar-refractivity contribution in [1.82, 2.24) is 4.98 Å². The van der Waals surface area contributed by atoms with Crippen molar-refractivity contribution in [3.05, 3.63) is 15.1 Å². The van der Waals surface area contributed by atoms with Crippen LogP contribution in [0, 0.1) is 10.1 Å². The fraction of sp³-hybridized carbons (Fsp3) is 0.769. The number of nitro groups is 1. The first kappa shape index (κ1) is 16.1. The molecule has 0 spiro atoms. The summed E-state index contributed by atoms with van der Waals surface area (Å²) >= 11 is 1.21. The predicted molar refractivity (Wildman–Crippen MR) is 83.0 cm³/mol. The molecule has 0 aliphatic carbocycles. The Hall–Kier alpha value is -1.25. The van der Waals surface area contributed by atoms with Crippen molar-refractivity contribution in [2.75, 3.05) is 37.7 Å². The van der Waals surface area contributed by atoms with E-state index < -0.39 is 0 Å². The van der Waals surface area contributed by atoms with Gasteiger partial charge in [-0.25, -0.2) is 4.98 Å². The smallest absolute Gasteiger partial charge is 0.368 e. The summed E-state index contributed by atoms with van der Waals surface area (Å²) in [4.78, 5) is 17.3. The minimum Gasteiger partial charge on any atom is -0.378 e. The van der Waals surface area contributed by atoms with E-state index in [4.69, 9.17) is 10.5 Å². The lowest BCUT2D eigenvalue weighted by Crippen LogP contribution is -2.36. The van der Waals surface area contributed by atoms with Gasteiger partial charge in [-0.05, 0) is 37.1 Å². The molecule has 1 saturated heterocycles. The topological polar surface area (TPSA) is 94.5 Å². The number of aryl methyl sites for hydroxylation is 1. The third-order valence-electron chi connectivity index (χ3n) is 3.46. The fourth-order valence-electron chi connectivity index (χ4n) is 2.33. The number of rotatable bonds is 8. The number of unbranched alkanes of at least 4 members (excludes halogenated alkanes) is 3. The van der Waals surface area contributed by atoms with E-state index in [-0.39, 0.29) is 9.92 Å². The van der Waals surface area contributed by atoms with Crippen LogP contribution in [0.15, 0.2) is 0 Å². The molecule has 0 aromatic carbocycles. The Balaban J connectivity index is 1.97. The average Bonchev–Trinajstić information content (AvgIpc) is 2.92. The Morgan fingerprint density at radius 1 is 1.29 bits per heavy atom. The number of aromatic nitrogens is 1. The maximum Gasteiger partial charge on any atom is 0.368 e. The van der Waals surface area contributed by atoms with E-state index in [1.165, 1.54) is 11.3 Å². The van der Waals surface area contributed by atoms with Gasteiger partial charge in [0.05, 0.1) is 18.1 Å². The highest BCUT2D eigenvalue weighted by atomic mass is 32.1. The lowest BCUT2D eigenvalue weighted by molar-refractivity contribution is -0.379. The molecule has 2 rings (SSSR count). The molecule has 1 aromatic heterocycles. The second-order valence-corrected chi connectivity index (χ2v) is 6.11. The SMILES string of the molecule is NCCCCCCc1nc(N2CCOCC2)c([N+](=O)[O-])s1. The molecule has 1 aliphatic heterocycles. The lowest BCUT2D eigenvalue weighted by atomic mass is 10.1. The molecule has 1 fully saturated rings. The van der Waals surface area contributed by atoms with E-state index in [2.05, 4.69) is 4.98 Å². The zero-order chi connectivity index (χ0) is 15.1. The van der Waals surface area contributed by atoms with Crippen molar-refractivity contribution in [2.24, 2.45) is 5.73 Å². The average molecular weight is 314 g/mol. The first-order valence-electron chi connectivity index (χ1n) is 7.39. The molecule has 0 bridgehead atoms. The monoisotopic (exact) mass is 314 g/mol. The first-order chi connectivity index (χ1) is 10.2. The van der Waals surface area contributed by atoms with Crippen LogP contribution in [0.1, 0.15) is 30.7 Å². The minimum atomic E-state index is -0.319. The molecular formula is C13H22N4O3S. The molecule has 0 unspecified atom stereocenters. The van der Waals surface area contributed by atoms with Crippen molar-refractivity contribution in [2.45, 2.75) is 32.1 Å². The minimum absolute atomic E-state index is 0.161. The van der Waals surface area contributed by atoms with E-state index in [0.29, 0.717) is 32.1 Å². The van der Waals surface area contributed by atoms with Crippen LogP contribution in [0.2, 0.25) is 0 Å². The van der Waals surface area contributed by atoms with Crippen LogP contribution in [0.5, 0.6) is 0 Å². The van der Waals surface area contributed by atoms with E-state index in [0.717, 1.165) is 43.7 Å². The molecule has 7 nitrogen and oxygen atoms in total. The van der Waals surface area contributed by atoms with E-state index in [9.17, 15) is 10.1 Å². The molecule has 8 heteroatoms. The molecule has 1 aliphatic rings. The van der Waals surface area contributed by atoms with Gasteiger partial charge in [-0.15, -0.1) is 0 Å². The molecule has 2 heterocycles. The van der Waals surface area contributed by atoms with E-state index in [1.807, 2.05) is 4.90 Å². The fourth-order valence-corrected chi connectivity index (χ4v) is 3.27. The summed E-state index contributed by atoms with van der Waals surface area (Å²) in [6.45, 7) is 3.26. The van der Waals surface area contributed by atoms with Gasteiger partial charge in [0, 0.05) is 13.1 Å². The van der Waals surface area contributed by atoms with Crippen molar-refractivity contribution < 1.29 is 9.66 Å². The van der Waals surface area contributed by atoms with E-state index >= 15 is 0 Å². The normalized spacial score (nSPS) is 15.4. The molecule has 0 atom stereocenters. The number of nitrogens with zero attached hydrogens (tertiary/aromatic N) is 3. The van der Waals surface area contributed by atoms with Crippen molar-refractivity contribution in [3.8, 4) is 0 Å². The summed E-state index contributed by atoms with van der Waals surface area (Å²) in [6, 6.07) is 0. The van der Waals surface area contributed by atoms with Crippen LogP contribution in [0.25, 0.3) is 0 Å². The van der Waals surface area contributed by atoms with Crippen molar-refractivity contribution >= 4 is 22.2 Å². The number of morpholine rings is 1. The molecule has 1 aromatic rings. The maximum atomic E-state index is 11.2. The van der Waals surface area contributed by atoms with Gasteiger partial charge in [0.2, 0.25) is 5.82 Å². The second-order valence-electron chi connectivity index (χ2n) is 5.05. The molecule has 0 amide bonds. The van der Waals surface area contributed by atoms with Gasteiger partial charge < -0.3 is 15.4 Å². The van der Waals surface area contributed by atoms with Gasteiger partial charge in [-0.2, -0.15) is 0 Å². The summed E-state index contributed by atoms with van der Waals surface area (Å²) < 4.78 is 5.28. The number of thiazole rings is 1. The number of anilines is 1.